The normalized spacial score (nSPS) is 22.3. The van der Waals surface area contributed by atoms with Crippen LogP contribution in [-0.4, -0.2) is 98.9 Å². The van der Waals surface area contributed by atoms with Crippen molar-refractivity contribution in [2.75, 3.05) is 51.5 Å². The lowest BCUT2D eigenvalue weighted by Crippen LogP contribution is -2.60. The first kappa shape index (κ1) is 33.5. The standard InChI is InChI=1S/C31H35F4N5O5S/c1-30(32)17-39(21-9-12-45-16-21)11-8-27(30)38-29(41)23-13-20(14-25-28(23)37-19-40(25)18-31(33,34)35)5-4-10-36-24-15-22(46(3,42)43)6-7-26(24)44-2/h6-7,13-15,19,21,27,36H,8-12,16-18H2,1-3H3,(H,38,41). The maximum Gasteiger partial charge on any atom is 0.406 e. The number of aromatic nitrogens is 2. The van der Waals surface area contributed by atoms with E-state index in [1.807, 2.05) is 4.90 Å². The van der Waals surface area contributed by atoms with Gasteiger partial charge in [-0.15, -0.1) is 0 Å². The van der Waals surface area contributed by atoms with Crippen molar-refractivity contribution in [3.05, 3.63) is 47.8 Å². The highest BCUT2D eigenvalue weighted by molar-refractivity contribution is 7.90. The third kappa shape index (κ3) is 7.73. The van der Waals surface area contributed by atoms with Crippen molar-refractivity contribution in [3.63, 3.8) is 0 Å². The number of likely N-dealkylation sites (tertiary alicyclic amines) is 1. The molecule has 2 saturated heterocycles. The number of sulfone groups is 1. The van der Waals surface area contributed by atoms with Gasteiger partial charge in [-0.05, 0) is 50.1 Å². The van der Waals surface area contributed by atoms with Gasteiger partial charge in [-0.1, -0.05) is 11.8 Å². The molecular weight excluding hydrogens is 630 g/mol. The smallest absolute Gasteiger partial charge is 0.406 e. The van der Waals surface area contributed by atoms with Gasteiger partial charge in [-0.3, -0.25) is 9.69 Å². The topological polar surface area (TPSA) is 115 Å². The van der Waals surface area contributed by atoms with E-state index in [0.717, 1.165) is 23.6 Å². The van der Waals surface area contributed by atoms with Gasteiger partial charge in [0.2, 0.25) is 0 Å². The van der Waals surface area contributed by atoms with Crippen LogP contribution in [0.25, 0.3) is 11.0 Å². The average Bonchev–Trinajstić information content (AvgIpc) is 3.65. The molecule has 2 fully saturated rings. The van der Waals surface area contributed by atoms with Crippen LogP contribution in [0.1, 0.15) is 35.7 Å². The van der Waals surface area contributed by atoms with Gasteiger partial charge in [0.25, 0.3) is 5.91 Å². The van der Waals surface area contributed by atoms with E-state index < -0.39 is 40.2 Å². The van der Waals surface area contributed by atoms with E-state index in [1.165, 1.54) is 44.4 Å². The van der Waals surface area contributed by atoms with Gasteiger partial charge >= 0.3 is 6.18 Å². The number of fused-ring (bicyclic) bond motifs is 1. The maximum atomic E-state index is 15.9. The predicted molar refractivity (Wildman–Crippen MR) is 163 cm³/mol. The predicted octanol–water partition coefficient (Wildman–Crippen LogP) is 3.80. The Morgan fingerprint density at radius 3 is 2.67 bits per heavy atom. The van der Waals surface area contributed by atoms with Crippen LogP contribution in [0, 0.1) is 11.8 Å². The Hall–Kier alpha value is -3.87. The van der Waals surface area contributed by atoms with Crippen LogP contribution in [0.15, 0.2) is 41.6 Å². The molecule has 0 aliphatic carbocycles. The van der Waals surface area contributed by atoms with Gasteiger partial charge < -0.3 is 24.7 Å². The minimum absolute atomic E-state index is 0.00969. The molecule has 248 valence electrons. The molecule has 2 aromatic carbocycles. The molecule has 10 nitrogen and oxygen atoms in total. The number of hydrogen-bond donors (Lipinski definition) is 2. The highest BCUT2D eigenvalue weighted by atomic mass is 32.2. The summed E-state index contributed by atoms with van der Waals surface area (Å²) in [6.07, 6.45) is -1.30. The van der Waals surface area contributed by atoms with Crippen molar-refractivity contribution in [3.8, 4) is 17.6 Å². The number of nitrogens with zero attached hydrogens (tertiary/aromatic N) is 3. The lowest BCUT2D eigenvalue weighted by Gasteiger charge is -2.43. The molecule has 2 N–H and O–H groups in total. The number of nitrogens with one attached hydrogen (secondary N) is 2. The van der Waals surface area contributed by atoms with E-state index in [-0.39, 0.29) is 46.2 Å². The van der Waals surface area contributed by atoms with Crippen LogP contribution in [0.4, 0.5) is 23.2 Å². The van der Waals surface area contributed by atoms with Crippen molar-refractivity contribution in [2.24, 2.45) is 0 Å². The van der Waals surface area contributed by atoms with E-state index in [2.05, 4.69) is 27.5 Å². The number of carbonyl (C=O) groups excluding carboxylic acids is 1. The van der Waals surface area contributed by atoms with E-state index in [1.54, 1.807) is 0 Å². The molecule has 0 saturated carbocycles. The largest absolute Gasteiger partial charge is 0.495 e. The fraction of sp³-hybridized carbons (Fsp3) is 0.484. The Morgan fingerprint density at radius 1 is 1.24 bits per heavy atom. The molecule has 1 amide bonds. The molecular formula is C31H35F4N5O5S. The van der Waals surface area contributed by atoms with Crippen LogP contribution in [0.3, 0.4) is 0 Å². The number of methoxy groups -OCH3 is 1. The zero-order chi connectivity index (χ0) is 33.3. The van der Waals surface area contributed by atoms with Crippen molar-refractivity contribution in [2.45, 2.75) is 55.1 Å². The number of ether oxygens (including phenoxy) is 2. The van der Waals surface area contributed by atoms with Gasteiger partial charge in [-0.25, -0.2) is 17.8 Å². The van der Waals surface area contributed by atoms with E-state index in [9.17, 15) is 26.4 Å². The molecule has 15 heteroatoms. The van der Waals surface area contributed by atoms with Crippen LogP contribution in [-0.2, 0) is 21.1 Å². The summed E-state index contributed by atoms with van der Waals surface area (Å²) in [6.45, 7) is 1.95. The number of benzene rings is 2. The third-order valence-corrected chi connectivity index (χ3v) is 9.30. The zero-order valence-electron chi connectivity index (χ0n) is 25.6. The van der Waals surface area contributed by atoms with E-state index in [4.69, 9.17) is 9.47 Å². The number of imidazole rings is 1. The highest BCUT2D eigenvalue weighted by Gasteiger charge is 2.43. The highest BCUT2D eigenvalue weighted by Crippen LogP contribution is 2.31. The van der Waals surface area contributed by atoms with Gasteiger partial charge in [0, 0.05) is 37.6 Å². The molecule has 2 aliphatic heterocycles. The lowest BCUT2D eigenvalue weighted by atomic mass is 9.89. The second kappa shape index (κ2) is 13.1. The van der Waals surface area contributed by atoms with Crippen molar-refractivity contribution >= 4 is 32.5 Å². The minimum Gasteiger partial charge on any atom is -0.495 e. The fourth-order valence-corrected chi connectivity index (χ4v) is 6.48. The number of rotatable bonds is 8. The number of alkyl halides is 4. The Kier molecular flexibility index (Phi) is 9.53. The van der Waals surface area contributed by atoms with Crippen LogP contribution >= 0.6 is 0 Å². The number of piperidine rings is 1. The molecule has 3 aromatic rings. The van der Waals surface area contributed by atoms with Gasteiger partial charge in [-0.2, -0.15) is 13.2 Å². The zero-order valence-corrected chi connectivity index (χ0v) is 26.4. The summed E-state index contributed by atoms with van der Waals surface area (Å²) in [5.74, 6) is 5.42. The van der Waals surface area contributed by atoms with Crippen LogP contribution < -0.4 is 15.4 Å². The molecule has 1 aromatic heterocycles. The van der Waals surface area contributed by atoms with E-state index >= 15 is 4.39 Å². The van der Waals surface area contributed by atoms with Crippen molar-refractivity contribution in [1.82, 2.24) is 19.8 Å². The minimum atomic E-state index is -4.55. The number of carbonyl (C=O) groups is 1. The number of amides is 1. The van der Waals surface area contributed by atoms with Crippen LogP contribution in [0.5, 0.6) is 5.75 Å². The first-order valence-corrected chi connectivity index (χ1v) is 16.5. The van der Waals surface area contributed by atoms with E-state index in [0.29, 0.717) is 37.6 Å². The Morgan fingerprint density at radius 2 is 2.02 bits per heavy atom. The molecule has 46 heavy (non-hydrogen) atoms. The van der Waals surface area contributed by atoms with Gasteiger partial charge in [0.05, 0.1) is 54.3 Å². The van der Waals surface area contributed by atoms with Gasteiger partial charge in [0.1, 0.15) is 23.5 Å². The molecule has 3 heterocycles. The van der Waals surface area contributed by atoms with Gasteiger partial charge in [0.15, 0.2) is 9.84 Å². The summed E-state index contributed by atoms with van der Waals surface area (Å²) in [5, 5.41) is 5.75. The fourth-order valence-electron chi connectivity index (χ4n) is 5.83. The monoisotopic (exact) mass is 665 g/mol. The summed E-state index contributed by atoms with van der Waals surface area (Å²) in [5.41, 5.74) is -1.10. The van der Waals surface area contributed by atoms with Crippen molar-refractivity contribution < 1.29 is 40.2 Å². The second-order valence-corrected chi connectivity index (χ2v) is 13.8. The maximum absolute atomic E-state index is 15.9. The number of halogens is 4. The summed E-state index contributed by atoms with van der Waals surface area (Å²) in [6, 6.07) is 6.44. The molecule has 2 aliphatic rings. The summed E-state index contributed by atoms with van der Waals surface area (Å²) >= 11 is 0. The average molecular weight is 666 g/mol. The second-order valence-electron chi connectivity index (χ2n) is 11.7. The molecule has 3 unspecified atom stereocenters. The summed E-state index contributed by atoms with van der Waals surface area (Å²) < 4.78 is 91.5. The Balaban J connectivity index is 1.40. The summed E-state index contributed by atoms with van der Waals surface area (Å²) in [7, 11) is -2.05. The molecule has 0 spiro atoms. The first-order chi connectivity index (χ1) is 21.6. The molecule has 0 radical (unpaired) electrons. The number of hydrogen-bond acceptors (Lipinski definition) is 8. The third-order valence-electron chi connectivity index (χ3n) is 8.19. The van der Waals surface area contributed by atoms with Crippen molar-refractivity contribution in [1.29, 1.82) is 0 Å². The lowest BCUT2D eigenvalue weighted by molar-refractivity contribution is -0.139. The number of anilines is 1. The summed E-state index contributed by atoms with van der Waals surface area (Å²) in [4.78, 5) is 19.8. The van der Waals surface area contributed by atoms with Crippen LogP contribution in [0.2, 0.25) is 0 Å². The Bertz CT molecular complexity index is 1780. The Labute approximate surface area is 264 Å². The quantitative estimate of drug-likeness (QED) is 0.276. The molecule has 0 bridgehead atoms. The molecule has 3 atom stereocenters. The SMILES string of the molecule is COc1ccc(S(C)(=O)=O)cc1NCC#Cc1cc(C(=O)NC2CCN(C3CCOC3)CC2(C)F)c2ncn(CC(F)(F)F)c2c1. The molecule has 5 rings (SSSR count). The first-order valence-electron chi connectivity index (χ1n) is 14.6.